The molecule has 0 N–H and O–H groups in total. The lowest BCUT2D eigenvalue weighted by molar-refractivity contribution is 1.07. The van der Waals surface area contributed by atoms with Gasteiger partial charge in [0.15, 0.2) is 0 Å². The molecule has 0 fully saturated rings. The van der Waals surface area contributed by atoms with Crippen molar-refractivity contribution in [2.75, 3.05) is 0 Å². The SMILES string of the molecule is CCc1cc2c(Cl)nc(CSc3ccc(Br)cc3)nc2s1. The summed E-state index contributed by atoms with van der Waals surface area (Å²) in [6.07, 6.45) is 1.00. The van der Waals surface area contributed by atoms with Crippen LogP contribution in [-0.4, -0.2) is 9.97 Å². The standard InChI is InChI=1S/C15H12BrClN2S2/c1-2-10-7-12-14(17)18-13(19-15(12)21-10)8-20-11-5-3-9(16)4-6-11/h3-7H,2,8H2,1H3. The van der Waals surface area contributed by atoms with E-state index in [1.807, 2.05) is 12.1 Å². The Morgan fingerprint density at radius 3 is 2.71 bits per heavy atom. The molecule has 2 aromatic heterocycles. The summed E-state index contributed by atoms with van der Waals surface area (Å²) in [7, 11) is 0. The minimum Gasteiger partial charge on any atom is -0.221 e. The monoisotopic (exact) mass is 398 g/mol. The van der Waals surface area contributed by atoms with E-state index in [4.69, 9.17) is 11.6 Å². The summed E-state index contributed by atoms with van der Waals surface area (Å²) in [5.74, 6) is 1.50. The van der Waals surface area contributed by atoms with Gasteiger partial charge in [0.2, 0.25) is 0 Å². The van der Waals surface area contributed by atoms with Crippen LogP contribution in [0.15, 0.2) is 39.7 Å². The Kier molecular flexibility index (Phi) is 4.84. The lowest BCUT2D eigenvalue weighted by Gasteiger charge is -2.02. The number of hydrogen-bond acceptors (Lipinski definition) is 4. The molecule has 0 aliphatic carbocycles. The zero-order valence-electron chi connectivity index (χ0n) is 11.3. The number of thioether (sulfide) groups is 1. The number of halogens is 2. The van der Waals surface area contributed by atoms with Crippen LogP contribution in [0.25, 0.3) is 10.2 Å². The van der Waals surface area contributed by atoms with Crippen LogP contribution in [0.3, 0.4) is 0 Å². The van der Waals surface area contributed by atoms with Crippen LogP contribution in [0.5, 0.6) is 0 Å². The fourth-order valence-electron chi connectivity index (χ4n) is 1.90. The molecule has 0 spiro atoms. The summed E-state index contributed by atoms with van der Waals surface area (Å²) in [4.78, 5) is 12.5. The van der Waals surface area contributed by atoms with Gasteiger partial charge in [-0.25, -0.2) is 9.97 Å². The predicted octanol–water partition coefficient (Wildman–Crippen LogP) is 5.96. The first-order chi connectivity index (χ1) is 10.2. The van der Waals surface area contributed by atoms with Crippen LogP contribution in [0.1, 0.15) is 17.6 Å². The van der Waals surface area contributed by atoms with Gasteiger partial charge in [-0.3, -0.25) is 0 Å². The number of benzene rings is 1. The third-order valence-corrected chi connectivity index (χ3v) is 5.97. The van der Waals surface area contributed by atoms with Gasteiger partial charge in [0, 0.05) is 19.6 Å². The van der Waals surface area contributed by atoms with E-state index in [0.717, 1.165) is 32.7 Å². The highest BCUT2D eigenvalue weighted by Gasteiger charge is 2.10. The van der Waals surface area contributed by atoms with Crippen molar-refractivity contribution in [3.63, 3.8) is 0 Å². The number of fused-ring (bicyclic) bond motifs is 1. The maximum absolute atomic E-state index is 6.28. The second-order valence-corrected chi connectivity index (χ2v) is 7.90. The van der Waals surface area contributed by atoms with Crippen LogP contribution in [-0.2, 0) is 12.2 Å². The Hall–Kier alpha value is -0.620. The van der Waals surface area contributed by atoms with Gasteiger partial charge < -0.3 is 0 Å². The van der Waals surface area contributed by atoms with E-state index in [-0.39, 0.29) is 0 Å². The van der Waals surface area contributed by atoms with Gasteiger partial charge in [-0.1, -0.05) is 34.5 Å². The molecule has 0 bridgehead atoms. The van der Waals surface area contributed by atoms with Crippen molar-refractivity contribution in [2.24, 2.45) is 0 Å². The summed E-state index contributed by atoms with van der Waals surface area (Å²) in [5, 5.41) is 1.53. The highest BCUT2D eigenvalue weighted by Crippen LogP contribution is 2.30. The molecule has 2 heterocycles. The maximum atomic E-state index is 6.28. The molecule has 3 rings (SSSR count). The van der Waals surface area contributed by atoms with Gasteiger partial charge in [-0.05, 0) is 36.8 Å². The predicted molar refractivity (Wildman–Crippen MR) is 95.5 cm³/mol. The van der Waals surface area contributed by atoms with Crippen molar-refractivity contribution >= 4 is 60.8 Å². The fraction of sp³-hybridized carbons (Fsp3) is 0.200. The molecule has 0 aliphatic heterocycles. The maximum Gasteiger partial charge on any atom is 0.142 e. The van der Waals surface area contributed by atoms with E-state index in [0.29, 0.717) is 5.15 Å². The Balaban J connectivity index is 1.82. The number of thiophene rings is 1. The molecule has 2 nitrogen and oxygen atoms in total. The normalized spacial score (nSPS) is 11.2. The molecule has 6 heteroatoms. The zero-order chi connectivity index (χ0) is 14.8. The van der Waals surface area contributed by atoms with Crippen molar-refractivity contribution in [3.05, 3.63) is 50.7 Å². The van der Waals surface area contributed by atoms with E-state index >= 15 is 0 Å². The first-order valence-corrected chi connectivity index (χ1v) is 9.46. The highest BCUT2D eigenvalue weighted by molar-refractivity contribution is 9.10. The summed E-state index contributed by atoms with van der Waals surface area (Å²) >= 11 is 13.1. The molecule has 0 aliphatic rings. The molecule has 0 atom stereocenters. The van der Waals surface area contributed by atoms with Crippen LogP contribution in [0.4, 0.5) is 0 Å². The first kappa shape index (κ1) is 15.3. The van der Waals surface area contributed by atoms with Gasteiger partial charge in [0.05, 0.1) is 5.75 Å². The second-order valence-electron chi connectivity index (χ2n) is 4.46. The molecule has 0 saturated carbocycles. The lowest BCUT2D eigenvalue weighted by atomic mass is 10.3. The van der Waals surface area contributed by atoms with E-state index in [9.17, 15) is 0 Å². The topological polar surface area (TPSA) is 25.8 Å². The molecule has 3 aromatic rings. The molecular weight excluding hydrogens is 388 g/mol. The largest absolute Gasteiger partial charge is 0.221 e. The summed E-state index contributed by atoms with van der Waals surface area (Å²) in [5.41, 5.74) is 0. The van der Waals surface area contributed by atoms with Crippen molar-refractivity contribution < 1.29 is 0 Å². The summed E-state index contributed by atoms with van der Waals surface area (Å²) < 4.78 is 1.08. The molecular formula is C15H12BrClN2S2. The number of nitrogens with zero attached hydrogens (tertiary/aromatic N) is 2. The lowest BCUT2D eigenvalue weighted by Crippen LogP contribution is -1.92. The molecule has 108 valence electrons. The van der Waals surface area contributed by atoms with Crippen LogP contribution in [0, 0.1) is 0 Å². The Bertz CT molecular complexity index is 771. The third-order valence-electron chi connectivity index (χ3n) is 2.97. The van der Waals surface area contributed by atoms with Crippen LogP contribution < -0.4 is 0 Å². The number of hydrogen-bond donors (Lipinski definition) is 0. The van der Waals surface area contributed by atoms with Crippen LogP contribution >= 0.6 is 50.6 Å². The van der Waals surface area contributed by atoms with E-state index in [2.05, 4.69) is 51.0 Å². The number of aryl methyl sites for hydroxylation is 1. The van der Waals surface area contributed by atoms with Crippen LogP contribution in [0.2, 0.25) is 5.15 Å². The highest BCUT2D eigenvalue weighted by atomic mass is 79.9. The molecule has 0 saturated heterocycles. The quantitative estimate of drug-likeness (QED) is 0.400. The fourth-order valence-corrected chi connectivity index (χ4v) is 4.20. The van der Waals surface area contributed by atoms with E-state index in [1.165, 1.54) is 9.77 Å². The van der Waals surface area contributed by atoms with Crippen molar-refractivity contribution in [1.82, 2.24) is 9.97 Å². The van der Waals surface area contributed by atoms with Gasteiger partial charge in [-0.15, -0.1) is 23.1 Å². The van der Waals surface area contributed by atoms with Gasteiger partial charge in [0.1, 0.15) is 15.8 Å². The Labute approximate surface area is 145 Å². The first-order valence-electron chi connectivity index (χ1n) is 6.49. The van der Waals surface area contributed by atoms with Crippen molar-refractivity contribution in [1.29, 1.82) is 0 Å². The molecule has 0 amide bonds. The molecule has 0 unspecified atom stereocenters. The number of aromatic nitrogens is 2. The zero-order valence-corrected chi connectivity index (χ0v) is 15.2. The average molecular weight is 400 g/mol. The average Bonchev–Trinajstić information content (AvgIpc) is 2.90. The smallest absolute Gasteiger partial charge is 0.142 e. The van der Waals surface area contributed by atoms with E-state index in [1.54, 1.807) is 23.1 Å². The second kappa shape index (κ2) is 6.65. The van der Waals surface area contributed by atoms with Gasteiger partial charge in [0.25, 0.3) is 0 Å². The third kappa shape index (κ3) is 3.59. The molecule has 1 aromatic carbocycles. The minimum absolute atomic E-state index is 0.558. The van der Waals surface area contributed by atoms with Crippen molar-refractivity contribution in [3.8, 4) is 0 Å². The Morgan fingerprint density at radius 2 is 2.00 bits per heavy atom. The molecule has 0 radical (unpaired) electrons. The summed E-state index contributed by atoms with van der Waals surface area (Å²) in [6, 6.07) is 10.3. The van der Waals surface area contributed by atoms with Gasteiger partial charge >= 0.3 is 0 Å². The van der Waals surface area contributed by atoms with Gasteiger partial charge in [-0.2, -0.15) is 0 Å². The Morgan fingerprint density at radius 1 is 1.24 bits per heavy atom. The van der Waals surface area contributed by atoms with Crippen molar-refractivity contribution in [2.45, 2.75) is 24.0 Å². The number of rotatable bonds is 4. The summed E-state index contributed by atoms with van der Waals surface area (Å²) in [6.45, 7) is 2.14. The van der Waals surface area contributed by atoms with E-state index < -0.39 is 0 Å². The molecule has 21 heavy (non-hydrogen) atoms. The minimum atomic E-state index is 0.558.